The van der Waals surface area contributed by atoms with Gasteiger partial charge in [-0.25, -0.2) is 9.48 Å². The highest BCUT2D eigenvalue weighted by molar-refractivity contribution is 5.95. The van der Waals surface area contributed by atoms with Gasteiger partial charge in [0.15, 0.2) is 0 Å². The first-order chi connectivity index (χ1) is 9.37. The zero-order valence-electron chi connectivity index (χ0n) is 12.0. The molecule has 0 radical (unpaired) electrons. The second-order valence-corrected chi connectivity index (χ2v) is 5.67. The van der Waals surface area contributed by atoms with Gasteiger partial charge in [0.05, 0.1) is 6.20 Å². The van der Waals surface area contributed by atoms with Crippen LogP contribution in [-0.2, 0) is 16.1 Å². The summed E-state index contributed by atoms with van der Waals surface area (Å²) >= 11 is 0. The Morgan fingerprint density at radius 2 is 2.15 bits per heavy atom. The number of hydrogen-bond acceptors (Lipinski definition) is 4. The van der Waals surface area contributed by atoms with E-state index in [9.17, 15) is 9.59 Å². The summed E-state index contributed by atoms with van der Waals surface area (Å²) in [5.74, 6) is 0.601. The van der Waals surface area contributed by atoms with Crippen LogP contribution in [0.2, 0.25) is 0 Å². The lowest BCUT2D eigenvalue weighted by Crippen LogP contribution is -2.44. The first-order valence-electron chi connectivity index (χ1n) is 6.66. The molecule has 0 saturated heterocycles. The van der Waals surface area contributed by atoms with Crippen LogP contribution >= 0.6 is 0 Å². The van der Waals surface area contributed by atoms with Gasteiger partial charge in [-0.2, -0.15) is 5.10 Å². The van der Waals surface area contributed by atoms with E-state index in [0.717, 1.165) is 18.8 Å². The van der Waals surface area contributed by atoms with Crippen LogP contribution in [0.3, 0.4) is 0 Å². The molecule has 2 heterocycles. The summed E-state index contributed by atoms with van der Waals surface area (Å²) in [5.41, 5.74) is -0.573. The third-order valence-corrected chi connectivity index (χ3v) is 2.81. The number of hydrogen-bond donors (Lipinski definition) is 1. The number of aryl methyl sites for hydroxylation is 1. The van der Waals surface area contributed by atoms with Crippen molar-refractivity contribution in [2.75, 3.05) is 18.0 Å². The van der Waals surface area contributed by atoms with Crippen molar-refractivity contribution in [2.24, 2.45) is 0 Å². The average Bonchev–Trinajstić information content (AvgIpc) is 2.81. The summed E-state index contributed by atoms with van der Waals surface area (Å²) in [6.07, 6.45) is 1.94. The van der Waals surface area contributed by atoms with Crippen molar-refractivity contribution in [3.63, 3.8) is 0 Å². The van der Waals surface area contributed by atoms with Crippen molar-refractivity contribution >= 4 is 17.8 Å². The zero-order valence-corrected chi connectivity index (χ0v) is 12.0. The van der Waals surface area contributed by atoms with Gasteiger partial charge in [0.1, 0.15) is 18.0 Å². The maximum Gasteiger partial charge on any atom is 0.408 e. The number of carbonyl (C=O) groups is 2. The summed E-state index contributed by atoms with van der Waals surface area (Å²) in [5, 5.41) is 6.62. The number of aromatic nitrogens is 2. The van der Waals surface area contributed by atoms with E-state index < -0.39 is 11.7 Å². The summed E-state index contributed by atoms with van der Waals surface area (Å²) in [6.45, 7) is 6.69. The first-order valence-corrected chi connectivity index (χ1v) is 6.66. The summed E-state index contributed by atoms with van der Waals surface area (Å²) in [6, 6.07) is 1.80. The Labute approximate surface area is 117 Å². The third kappa shape index (κ3) is 3.49. The molecule has 0 saturated carbocycles. The Hall–Kier alpha value is -2.05. The van der Waals surface area contributed by atoms with Gasteiger partial charge in [0.2, 0.25) is 5.91 Å². The third-order valence-electron chi connectivity index (χ3n) is 2.81. The predicted molar refractivity (Wildman–Crippen MR) is 73.4 cm³/mol. The van der Waals surface area contributed by atoms with Crippen LogP contribution in [0.15, 0.2) is 12.3 Å². The van der Waals surface area contributed by atoms with Crippen molar-refractivity contribution in [1.82, 2.24) is 15.1 Å². The molecule has 1 aliphatic rings. The smallest absolute Gasteiger partial charge is 0.408 e. The summed E-state index contributed by atoms with van der Waals surface area (Å²) in [7, 11) is 0. The van der Waals surface area contributed by atoms with E-state index in [2.05, 4.69) is 10.4 Å². The average molecular weight is 280 g/mol. The maximum atomic E-state index is 12.1. The van der Waals surface area contributed by atoms with Crippen LogP contribution in [0, 0.1) is 0 Å². The minimum Gasteiger partial charge on any atom is -0.444 e. The molecular formula is C13H20N4O3. The number of nitrogens with one attached hydrogen (secondary N) is 1. The molecule has 0 aliphatic carbocycles. The van der Waals surface area contributed by atoms with Gasteiger partial charge in [0.25, 0.3) is 0 Å². The minimum absolute atomic E-state index is 0.0832. The molecule has 2 amide bonds. The number of ether oxygens (including phenoxy) is 1. The van der Waals surface area contributed by atoms with E-state index >= 15 is 0 Å². The normalized spacial score (nSPS) is 14.7. The molecule has 0 bridgehead atoms. The van der Waals surface area contributed by atoms with Crippen molar-refractivity contribution in [1.29, 1.82) is 0 Å². The fourth-order valence-electron chi connectivity index (χ4n) is 2.03. The van der Waals surface area contributed by atoms with Crippen LogP contribution in [0.5, 0.6) is 0 Å². The second kappa shape index (κ2) is 5.52. The molecular weight excluding hydrogens is 260 g/mol. The van der Waals surface area contributed by atoms with Crippen LogP contribution in [0.1, 0.15) is 27.2 Å². The number of fused-ring (bicyclic) bond motifs is 1. The van der Waals surface area contributed by atoms with Crippen LogP contribution < -0.4 is 10.2 Å². The molecule has 0 spiro atoms. The lowest BCUT2D eigenvalue weighted by molar-refractivity contribution is -0.118. The number of nitrogens with zero attached hydrogens (tertiary/aromatic N) is 3. The van der Waals surface area contributed by atoms with Crippen molar-refractivity contribution in [3.8, 4) is 0 Å². The van der Waals surface area contributed by atoms with Crippen molar-refractivity contribution in [2.45, 2.75) is 39.3 Å². The van der Waals surface area contributed by atoms with Gasteiger partial charge >= 0.3 is 6.09 Å². The number of alkyl carbamates (subject to hydrolysis) is 1. The molecule has 0 unspecified atom stereocenters. The Kier molecular flexibility index (Phi) is 3.96. The van der Waals surface area contributed by atoms with Crippen LogP contribution in [0.25, 0.3) is 0 Å². The molecule has 0 fully saturated rings. The maximum absolute atomic E-state index is 12.1. The van der Waals surface area contributed by atoms with Crippen LogP contribution in [-0.4, -0.2) is 40.5 Å². The minimum atomic E-state index is -0.587. The predicted octanol–water partition coefficient (Wildman–Crippen LogP) is 1.14. The molecule has 0 atom stereocenters. The zero-order chi connectivity index (χ0) is 14.8. The fourth-order valence-corrected chi connectivity index (χ4v) is 2.03. The topological polar surface area (TPSA) is 76.5 Å². The second-order valence-electron chi connectivity index (χ2n) is 5.67. The largest absolute Gasteiger partial charge is 0.444 e. The van der Waals surface area contributed by atoms with E-state index in [1.807, 2.05) is 0 Å². The van der Waals surface area contributed by atoms with Gasteiger partial charge in [-0.05, 0) is 27.2 Å². The Bertz CT molecular complexity index is 504. The molecule has 2 rings (SSSR count). The van der Waals surface area contributed by atoms with Crippen molar-refractivity contribution < 1.29 is 14.3 Å². The van der Waals surface area contributed by atoms with E-state index in [-0.39, 0.29) is 12.5 Å². The Balaban J connectivity index is 1.89. The number of carbonyl (C=O) groups excluding carboxylic acids is 2. The molecule has 7 heteroatoms. The van der Waals surface area contributed by atoms with E-state index in [1.54, 1.807) is 42.6 Å². The lowest BCUT2D eigenvalue weighted by atomic mass is 10.2. The SMILES string of the molecule is CC(C)(C)OC(=O)NCC(=O)N1CCCn2nccc21. The summed E-state index contributed by atoms with van der Waals surface area (Å²) in [4.78, 5) is 25.3. The Morgan fingerprint density at radius 1 is 1.40 bits per heavy atom. The van der Waals surface area contributed by atoms with E-state index in [1.165, 1.54) is 0 Å². The molecule has 7 nitrogen and oxygen atoms in total. The fraction of sp³-hybridized carbons (Fsp3) is 0.615. The van der Waals surface area contributed by atoms with Gasteiger partial charge in [-0.15, -0.1) is 0 Å². The molecule has 110 valence electrons. The molecule has 1 N–H and O–H groups in total. The standard InChI is InChI=1S/C13H20N4O3/c1-13(2,3)20-12(19)14-9-11(18)16-7-4-8-17-10(16)5-6-15-17/h5-6H,4,7-9H2,1-3H3,(H,14,19). The highest BCUT2D eigenvalue weighted by Gasteiger charge is 2.24. The number of amides is 2. The molecule has 20 heavy (non-hydrogen) atoms. The molecule has 0 aromatic carbocycles. The number of rotatable bonds is 2. The monoisotopic (exact) mass is 280 g/mol. The van der Waals surface area contributed by atoms with Gasteiger partial charge < -0.3 is 10.1 Å². The van der Waals surface area contributed by atoms with E-state index in [4.69, 9.17) is 4.74 Å². The highest BCUT2D eigenvalue weighted by Crippen LogP contribution is 2.19. The summed E-state index contributed by atoms with van der Waals surface area (Å²) < 4.78 is 6.88. The van der Waals surface area contributed by atoms with Gasteiger partial charge in [0, 0.05) is 19.2 Å². The highest BCUT2D eigenvalue weighted by atomic mass is 16.6. The van der Waals surface area contributed by atoms with Gasteiger partial charge in [-0.3, -0.25) is 9.69 Å². The quantitative estimate of drug-likeness (QED) is 0.881. The number of anilines is 1. The van der Waals surface area contributed by atoms with Crippen molar-refractivity contribution in [3.05, 3.63) is 12.3 Å². The lowest BCUT2D eigenvalue weighted by Gasteiger charge is -2.28. The van der Waals surface area contributed by atoms with Gasteiger partial charge in [-0.1, -0.05) is 0 Å². The van der Waals surface area contributed by atoms with E-state index in [0.29, 0.717) is 6.54 Å². The molecule has 1 aliphatic heterocycles. The first kappa shape index (κ1) is 14.4. The Morgan fingerprint density at radius 3 is 2.85 bits per heavy atom. The molecule has 1 aromatic heterocycles. The van der Waals surface area contributed by atoms with Crippen LogP contribution in [0.4, 0.5) is 10.6 Å². The molecule has 1 aromatic rings.